The number of carbonyl (C=O) groups is 2. The number of hydrogen-bond acceptors (Lipinski definition) is 5. The number of methoxy groups -OCH3 is 2. The van der Waals surface area contributed by atoms with Crippen LogP contribution < -0.4 is 19.5 Å². The fraction of sp³-hybridized carbons (Fsp3) is 0.310. The van der Waals surface area contributed by atoms with Crippen molar-refractivity contribution in [1.82, 2.24) is 10.2 Å². The standard InChI is InChI=1S/C29H34N2O5/c1-30-29(33)27(20-22-9-5-4-6-10-22)31(21-23-11-7-12-26(19-23)35-3)28(32)13-8-18-36-25-16-14-24(34-2)15-17-25/h4-7,9-12,14-17,19,27H,8,13,18,20-21H2,1-3H3,(H,30,33)/t27-/m1/s1. The molecule has 3 aromatic rings. The van der Waals surface area contributed by atoms with Gasteiger partial charge in [0.2, 0.25) is 11.8 Å². The molecule has 1 N–H and O–H groups in total. The average molecular weight is 491 g/mol. The maximum absolute atomic E-state index is 13.5. The van der Waals surface area contributed by atoms with Crippen molar-refractivity contribution in [2.75, 3.05) is 27.9 Å². The average Bonchev–Trinajstić information content (AvgIpc) is 2.93. The minimum Gasteiger partial charge on any atom is -0.497 e. The van der Waals surface area contributed by atoms with Crippen LogP contribution in [0.2, 0.25) is 0 Å². The second kappa shape index (κ2) is 13.8. The van der Waals surface area contributed by atoms with Gasteiger partial charge >= 0.3 is 0 Å². The molecule has 0 aromatic heterocycles. The van der Waals surface area contributed by atoms with Crippen LogP contribution in [0.15, 0.2) is 78.9 Å². The molecule has 3 aromatic carbocycles. The summed E-state index contributed by atoms with van der Waals surface area (Å²) in [6.45, 7) is 0.675. The second-order valence-electron chi connectivity index (χ2n) is 8.32. The third-order valence-corrected chi connectivity index (χ3v) is 5.87. The highest BCUT2D eigenvalue weighted by molar-refractivity contribution is 5.87. The monoisotopic (exact) mass is 490 g/mol. The number of likely N-dealkylation sites (N-methyl/N-ethyl adjacent to an activating group) is 1. The summed E-state index contributed by atoms with van der Waals surface area (Å²) in [4.78, 5) is 28.1. The summed E-state index contributed by atoms with van der Waals surface area (Å²) in [5.41, 5.74) is 1.87. The molecule has 0 radical (unpaired) electrons. The lowest BCUT2D eigenvalue weighted by molar-refractivity contribution is -0.141. The highest BCUT2D eigenvalue weighted by atomic mass is 16.5. The Bertz CT molecular complexity index is 1100. The van der Waals surface area contributed by atoms with Crippen molar-refractivity contribution in [3.05, 3.63) is 90.0 Å². The summed E-state index contributed by atoms with van der Waals surface area (Å²) in [5.74, 6) is 1.85. The molecule has 0 aliphatic heterocycles. The quantitative estimate of drug-likeness (QED) is 0.363. The Morgan fingerprint density at radius 3 is 2.17 bits per heavy atom. The van der Waals surface area contributed by atoms with Crippen LogP contribution in [0.4, 0.5) is 0 Å². The third-order valence-electron chi connectivity index (χ3n) is 5.87. The number of rotatable bonds is 13. The molecule has 0 saturated heterocycles. The van der Waals surface area contributed by atoms with Gasteiger partial charge in [0.25, 0.3) is 0 Å². The Kier molecular flexibility index (Phi) is 10.2. The van der Waals surface area contributed by atoms with Gasteiger partial charge in [-0.3, -0.25) is 9.59 Å². The molecule has 0 saturated carbocycles. The van der Waals surface area contributed by atoms with E-state index in [9.17, 15) is 9.59 Å². The maximum Gasteiger partial charge on any atom is 0.242 e. The van der Waals surface area contributed by atoms with E-state index in [1.807, 2.05) is 78.9 Å². The highest BCUT2D eigenvalue weighted by Crippen LogP contribution is 2.20. The van der Waals surface area contributed by atoms with E-state index in [1.165, 1.54) is 0 Å². The number of amides is 2. The molecule has 0 bridgehead atoms. The zero-order valence-corrected chi connectivity index (χ0v) is 21.1. The summed E-state index contributed by atoms with van der Waals surface area (Å²) < 4.78 is 16.3. The van der Waals surface area contributed by atoms with E-state index in [0.717, 1.165) is 16.9 Å². The van der Waals surface area contributed by atoms with E-state index in [-0.39, 0.29) is 18.2 Å². The fourth-order valence-electron chi connectivity index (χ4n) is 3.92. The first-order chi connectivity index (χ1) is 17.5. The summed E-state index contributed by atoms with van der Waals surface area (Å²) in [6, 6.07) is 23.9. The van der Waals surface area contributed by atoms with Crippen molar-refractivity contribution in [2.24, 2.45) is 0 Å². The normalized spacial score (nSPS) is 11.3. The van der Waals surface area contributed by atoms with Gasteiger partial charge in [-0.2, -0.15) is 0 Å². The number of benzene rings is 3. The SMILES string of the molecule is CNC(=O)[C@@H](Cc1ccccc1)N(Cc1cccc(OC)c1)C(=O)CCCOc1ccc(OC)cc1. The molecule has 2 amide bonds. The summed E-state index contributed by atoms with van der Waals surface area (Å²) in [5, 5.41) is 2.73. The first-order valence-corrected chi connectivity index (χ1v) is 12.0. The van der Waals surface area contributed by atoms with Crippen molar-refractivity contribution in [1.29, 1.82) is 0 Å². The zero-order chi connectivity index (χ0) is 25.8. The first-order valence-electron chi connectivity index (χ1n) is 12.0. The summed E-state index contributed by atoms with van der Waals surface area (Å²) >= 11 is 0. The Morgan fingerprint density at radius 2 is 1.50 bits per heavy atom. The van der Waals surface area contributed by atoms with E-state index in [4.69, 9.17) is 14.2 Å². The van der Waals surface area contributed by atoms with Crippen LogP contribution in [0.3, 0.4) is 0 Å². The van der Waals surface area contributed by atoms with Crippen molar-refractivity contribution < 1.29 is 23.8 Å². The Balaban J connectivity index is 1.74. The van der Waals surface area contributed by atoms with Crippen LogP contribution in [0.5, 0.6) is 17.2 Å². The minimum absolute atomic E-state index is 0.110. The Morgan fingerprint density at radius 1 is 0.833 bits per heavy atom. The molecule has 1 atom stereocenters. The number of nitrogens with one attached hydrogen (secondary N) is 1. The minimum atomic E-state index is -0.654. The Hall–Kier alpha value is -4.00. The first kappa shape index (κ1) is 26.6. The van der Waals surface area contributed by atoms with Crippen molar-refractivity contribution in [3.8, 4) is 17.2 Å². The van der Waals surface area contributed by atoms with Gasteiger partial charge in [-0.15, -0.1) is 0 Å². The van der Waals surface area contributed by atoms with Crippen molar-refractivity contribution >= 4 is 11.8 Å². The van der Waals surface area contributed by atoms with Crippen LogP contribution in [-0.2, 0) is 22.6 Å². The van der Waals surface area contributed by atoms with Gasteiger partial charge in [-0.25, -0.2) is 0 Å². The number of carbonyl (C=O) groups excluding carboxylic acids is 2. The van der Waals surface area contributed by atoms with Gasteiger partial charge < -0.3 is 24.4 Å². The zero-order valence-electron chi connectivity index (χ0n) is 21.1. The fourth-order valence-corrected chi connectivity index (χ4v) is 3.92. The number of ether oxygens (including phenoxy) is 3. The van der Waals surface area contributed by atoms with E-state index in [2.05, 4.69) is 5.32 Å². The van der Waals surface area contributed by atoms with E-state index in [0.29, 0.717) is 37.5 Å². The molecule has 0 unspecified atom stereocenters. The van der Waals surface area contributed by atoms with Gasteiger partial charge in [0, 0.05) is 26.4 Å². The summed E-state index contributed by atoms with van der Waals surface area (Å²) in [6.07, 6.45) is 1.19. The second-order valence-corrected chi connectivity index (χ2v) is 8.32. The van der Waals surface area contributed by atoms with Gasteiger partial charge in [-0.05, 0) is 53.9 Å². The van der Waals surface area contributed by atoms with Crippen molar-refractivity contribution in [2.45, 2.75) is 31.8 Å². The topological polar surface area (TPSA) is 77.1 Å². The van der Waals surface area contributed by atoms with Crippen LogP contribution in [0.25, 0.3) is 0 Å². The van der Waals surface area contributed by atoms with Crippen LogP contribution in [-0.4, -0.2) is 50.6 Å². The molecular formula is C29H34N2O5. The molecule has 0 spiro atoms. The molecule has 0 aliphatic rings. The largest absolute Gasteiger partial charge is 0.497 e. The molecule has 0 heterocycles. The smallest absolute Gasteiger partial charge is 0.242 e. The van der Waals surface area contributed by atoms with Crippen LogP contribution >= 0.6 is 0 Å². The summed E-state index contributed by atoms with van der Waals surface area (Å²) in [7, 11) is 4.81. The molecule has 7 nitrogen and oxygen atoms in total. The third kappa shape index (κ3) is 7.77. The van der Waals surface area contributed by atoms with Crippen LogP contribution in [0.1, 0.15) is 24.0 Å². The molecule has 7 heteroatoms. The predicted molar refractivity (Wildman–Crippen MR) is 139 cm³/mol. The van der Waals surface area contributed by atoms with E-state index >= 15 is 0 Å². The number of nitrogens with zero attached hydrogens (tertiary/aromatic N) is 1. The number of hydrogen-bond donors (Lipinski definition) is 1. The predicted octanol–water partition coefficient (Wildman–Crippen LogP) is 4.25. The highest BCUT2D eigenvalue weighted by Gasteiger charge is 2.29. The molecule has 0 aliphatic carbocycles. The molecular weight excluding hydrogens is 456 g/mol. The lowest BCUT2D eigenvalue weighted by Gasteiger charge is -2.31. The maximum atomic E-state index is 13.5. The van der Waals surface area contributed by atoms with Gasteiger partial charge in [0.15, 0.2) is 0 Å². The molecule has 36 heavy (non-hydrogen) atoms. The van der Waals surface area contributed by atoms with Gasteiger partial charge in [-0.1, -0.05) is 42.5 Å². The van der Waals surface area contributed by atoms with Crippen molar-refractivity contribution in [3.63, 3.8) is 0 Å². The Labute approximate surface area is 213 Å². The lowest BCUT2D eigenvalue weighted by atomic mass is 10.0. The van der Waals surface area contributed by atoms with E-state index in [1.54, 1.807) is 26.2 Å². The molecule has 190 valence electrons. The van der Waals surface area contributed by atoms with Crippen LogP contribution in [0, 0.1) is 0 Å². The van der Waals surface area contributed by atoms with E-state index < -0.39 is 6.04 Å². The van der Waals surface area contributed by atoms with Gasteiger partial charge in [0.1, 0.15) is 23.3 Å². The lowest BCUT2D eigenvalue weighted by Crippen LogP contribution is -2.49. The molecule has 0 fully saturated rings. The molecule has 3 rings (SSSR count). The van der Waals surface area contributed by atoms with Gasteiger partial charge in [0.05, 0.1) is 20.8 Å².